The summed E-state index contributed by atoms with van der Waals surface area (Å²) in [5, 5.41) is 0. The van der Waals surface area contributed by atoms with Gasteiger partial charge in [-0.1, -0.05) is 27.7 Å². The third-order valence-electron chi connectivity index (χ3n) is 6.56. The van der Waals surface area contributed by atoms with Gasteiger partial charge in [0.25, 0.3) is 0 Å². The Morgan fingerprint density at radius 2 is 2.00 bits per heavy atom. The Labute approximate surface area is 190 Å². The molecule has 174 valence electrons. The van der Waals surface area contributed by atoms with Crippen LogP contribution >= 0.6 is 0 Å². The number of ether oxygens (including phenoxy) is 3. The second-order valence-corrected chi connectivity index (χ2v) is 9.93. The van der Waals surface area contributed by atoms with Crippen LogP contribution < -0.4 is 5.43 Å². The average molecular weight is 442 g/mol. The first-order chi connectivity index (χ1) is 15.3. The standard InChI is InChI=1S/C26H35NO5/c1-6-30-26(29)20-12-27-21(10-23(20)28)19-9-18(17-7-8-17)24(31-13-15(2)3)11-25(19)32-14-22(27)16(4)5/h10-12,15-18,22H,6-9,13-14H2,1-5H3/t18-,22?/m1/s1. The van der Waals surface area contributed by atoms with Crippen molar-refractivity contribution >= 4 is 11.5 Å². The molecule has 0 amide bonds. The van der Waals surface area contributed by atoms with Crippen molar-refractivity contribution in [2.45, 2.75) is 59.9 Å². The van der Waals surface area contributed by atoms with Crippen LogP contribution in [0.15, 0.2) is 34.7 Å². The highest BCUT2D eigenvalue weighted by atomic mass is 16.5. The van der Waals surface area contributed by atoms with Crippen LogP contribution in [0.4, 0.5) is 0 Å². The van der Waals surface area contributed by atoms with E-state index in [1.165, 1.54) is 12.8 Å². The number of hydrogen-bond acceptors (Lipinski definition) is 5. The number of allylic oxidation sites excluding steroid dienone is 3. The lowest BCUT2D eigenvalue weighted by Gasteiger charge is -2.28. The lowest BCUT2D eigenvalue weighted by molar-refractivity contribution is 0.0522. The van der Waals surface area contributed by atoms with Gasteiger partial charge in [-0.2, -0.15) is 0 Å². The van der Waals surface area contributed by atoms with Crippen LogP contribution in [0.25, 0.3) is 5.57 Å². The van der Waals surface area contributed by atoms with Gasteiger partial charge in [-0.15, -0.1) is 0 Å². The maximum Gasteiger partial charge on any atom is 0.343 e. The zero-order valence-electron chi connectivity index (χ0n) is 19.8. The van der Waals surface area contributed by atoms with E-state index in [2.05, 4.69) is 38.3 Å². The number of aromatic nitrogens is 1. The fraction of sp³-hybridized carbons (Fsp3) is 0.615. The van der Waals surface area contributed by atoms with Crippen molar-refractivity contribution in [3.8, 4) is 0 Å². The highest BCUT2D eigenvalue weighted by Crippen LogP contribution is 2.49. The van der Waals surface area contributed by atoms with Gasteiger partial charge in [0.15, 0.2) is 5.43 Å². The van der Waals surface area contributed by atoms with E-state index < -0.39 is 5.97 Å². The van der Waals surface area contributed by atoms with Crippen LogP contribution in [0.3, 0.4) is 0 Å². The van der Waals surface area contributed by atoms with Gasteiger partial charge in [-0.3, -0.25) is 4.79 Å². The van der Waals surface area contributed by atoms with E-state index in [1.807, 2.05) is 0 Å². The second kappa shape index (κ2) is 9.16. The predicted molar refractivity (Wildman–Crippen MR) is 123 cm³/mol. The first-order valence-corrected chi connectivity index (χ1v) is 11.9. The molecule has 1 fully saturated rings. The Bertz CT molecular complexity index is 996. The van der Waals surface area contributed by atoms with E-state index in [0.29, 0.717) is 31.0 Å². The summed E-state index contributed by atoms with van der Waals surface area (Å²) in [6.07, 6.45) is 6.94. The van der Waals surface area contributed by atoms with Gasteiger partial charge in [0.2, 0.25) is 0 Å². The first kappa shape index (κ1) is 22.7. The minimum absolute atomic E-state index is 0.00261. The second-order valence-electron chi connectivity index (χ2n) is 9.93. The molecular formula is C26H35NO5. The monoisotopic (exact) mass is 441 g/mol. The minimum atomic E-state index is -0.571. The molecule has 2 aliphatic carbocycles. The molecule has 32 heavy (non-hydrogen) atoms. The molecule has 1 aliphatic heterocycles. The van der Waals surface area contributed by atoms with Gasteiger partial charge in [-0.05, 0) is 43.9 Å². The maximum atomic E-state index is 12.9. The minimum Gasteiger partial charge on any atom is -0.497 e. The van der Waals surface area contributed by atoms with Crippen molar-refractivity contribution in [1.29, 1.82) is 0 Å². The van der Waals surface area contributed by atoms with Gasteiger partial charge in [0, 0.05) is 29.8 Å². The molecule has 0 aromatic carbocycles. The summed E-state index contributed by atoms with van der Waals surface area (Å²) in [5.74, 6) is 2.87. The Morgan fingerprint density at radius 3 is 2.62 bits per heavy atom. The van der Waals surface area contributed by atoms with Crippen molar-refractivity contribution in [2.24, 2.45) is 23.7 Å². The van der Waals surface area contributed by atoms with Crippen LogP contribution in [0.2, 0.25) is 0 Å². The van der Waals surface area contributed by atoms with Crippen molar-refractivity contribution in [1.82, 2.24) is 4.57 Å². The summed E-state index contributed by atoms with van der Waals surface area (Å²) in [6, 6.07) is 1.60. The number of nitrogens with zero attached hydrogens (tertiary/aromatic N) is 1. The number of rotatable bonds is 7. The third kappa shape index (κ3) is 4.50. The molecule has 6 heteroatoms. The Morgan fingerprint density at radius 1 is 1.25 bits per heavy atom. The fourth-order valence-corrected chi connectivity index (χ4v) is 4.61. The van der Waals surface area contributed by atoms with Gasteiger partial charge in [0.1, 0.15) is 23.7 Å². The molecule has 0 bridgehead atoms. The van der Waals surface area contributed by atoms with E-state index in [1.54, 1.807) is 19.2 Å². The highest BCUT2D eigenvalue weighted by molar-refractivity contribution is 5.89. The zero-order chi connectivity index (χ0) is 23.0. The lowest BCUT2D eigenvalue weighted by Crippen LogP contribution is -2.27. The van der Waals surface area contributed by atoms with Crippen molar-refractivity contribution in [3.05, 3.63) is 51.3 Å². The summed E-state index contributed by atoms with van der Waals surface area (Å²) < 4.78 is 19.7. The molecular weight excluding hydrogens is 406 g/mol. The molecule has 0 N–H and O–H groups in total. The van der Waals surface area contributed by atoms with Gasteiger partial charge >= 0.3 is 5.97 Å². The molecule has 0 radical (unpaired) electrons. The van der Waals surface area contributed by atoms with Gasteiger partial charge < -0.3 is 18.8 Å². The quantitative estimate of drug-likeness (QED) is 0.560. The molecule has 1 saturated carbocycles. The summed E-state index contributed by atoms with van der Waals surface area (Å²) in [5.41, 5.74) is 1.66. The first-order valence-electron chi connectivity index (χ1n) is 11.9. The third-order valence-corrected chi connectivity index (χ3v) is 6.56. The van der Waals surface area contributed by atoms with Gasteiger partial charge in [0.05, 0.1) is 24.9 Å². The average Bonchev–Trinajstić information content (AvgIpc) is 3.58. The van der Waals surface area contributed by atoms with Crippen molar-refractivity contribution in [3.63, 3.8) is 0 Å². The van der Waals surface area contributed by atoms with Crippen LogP contribution in [0.1, 0.15) is 76.0 Å². The van der Waals surface area contributed by atoms with Crippen molar-refractivity contribution < 1.29 is 19.0 Å². The van der Waals surface area contributed by atoms with Crippen LogP contribution in [-0.4, -0.2) is 30.4 Å². The van der Waals surface area contributed by atoms with Crippen LogP contribution in [-0.2, 0) is 14.2 Å². The summed E-state index contributed by atoms with van der Waals surface area (Å²) in [6.45, 7) is 11.7. The van der Waals surface area contributed by atoms with E-state index in [-0.39, 0.29) is 29.6 Å². The molecule has 0 saturated heterocycles. The predicted octanol–water partition coefficient (Wildman–Crippen LogP) is 4.95. The number of fused-ring (bicyclic) bond motifs is 2. The molecule has 1 aromatic rings. The smallest absolute Gasteiger partial charge is 0.343 e. The van der Waals surface area contributed by atoms with E-state index in [9.17, 15) is 9.59 Å². The van der Waals surface area contributed by atoms with E-state index in [0.717, 1.165) is 29.2 Å². The lowest BCUT2D eigenvalue weighted by atomic mass is 9.85. The Balaban J connectivity index is 1.81. The zero-order valence-corrected chi connectivity index (χ0v) is 19.8. The number of carbonyl (C=O) groups excluding carboxylic acids is 1. The molecule has 2 atom stereocenters. The Kier molecular flexibility index (Phi) is 6.50. The SMILES string of the molecule is CCOC(=O)c1cn2c(cc1=O)C1=C(C=C(OCC(C)C)[C@@H](C3CC3)C1)OCC2C(C)C. The molecule has 1 unspecified atom stereocenters. The molecule has 1 aromatic heterocycles. The fourth-order valence-electron chi connectivity index (χ4n) is 4.61. The number of pyridine rings is 1. The number of esters is 1. The highest BCUT2D eigenvalue weighted by Gasteiger charge is 2.40. The number of carbonyl (C=O) groups is 1. The molecule has 2 heterocycles. The molecule has 0 spiro atoms. The van der Waals surface area contributed by atoms with Crippen molar-refractivity contribution in [2.75, 3.05) is 19.8 Å². The maximum absolute atomic E-state index is 12.9. The summed E-state index contributed by atoms with van der Waals surface area (Å²) >= 11 is 0. The summed E-state index contributed by atoms with van der Waals surface area (Å²) in [4.78, 5) is 25.3. The molecule has 3 aliphatic rings. The van der Waals surface area contributed by atoms with E-state index in [4.69, 9.17) is 14.2 Å². The topological polar surface area (TPSA) is 66.8 Å². The molecule has 6 nitrogen and oxygen atoms in total. The Hall–Kier alpha value is -2.50. The molecule has 4 rings (SSSR count). The number of hydrogen-bond donors (Lipinski definition) is 0. The normalized spacial score (nSPS) is 22.7. The summed E-state index contributed by atoms with van der Waals surface area (Å²) in [7, 11) is 0. The van der Waals surface area contributed by atoms with Gasteiger partial charge in [-0.25, -0.2) is 4.79 Å². The largest absolute Gasteiger partial charge is 0.497 e. The van der Waals surface area contributed by atoms with Crippen LogP contribution in [0, 0.1) is 23.7 Å². The van der Waals surface area contributed by atoms with Crippen LogP contribution in [0.5, 0.6) is 0 Å². The van der Waals surface area contributed by atoms with E-state index >= 15 is 0 Å².